The Bertz CT molecular complexity index is 648. The average molecular weight is 366 g/mol. The molecule has 0 fully saturated rings. The first-order valence-electron chi connectivity index (χ1n) is 8.25. The molecule has 8 heteroatoms. The van der Waals surface area contributed by atoms with Gasteiger partial charge in [-0.25, -0.2) is 4.79 Å². The van der Waals surface area contributed by atoms with Crippen molar-refractivity contribution in [1.82, 2.24) is 10.6 Å². The molecule has 1 aromatic rings. The third kappa shape index (κ3) is 6.03. The molecule has 1 aromatic carbocycles. The Morgan fingerprint density at radius 1 is 1.27 bits per heavy atom. The lowest BCUT2D eigenvalue weighted by Gasteiger charge is -2.27. The third-order valence-electron chi connectivity index (χ3n) is 3.68. The zero-order chi connectivity index (χ0) is 19.7. The molecule has 1 rings (SSSR count). The molecule has 26 heavy (non-hydrogen) atoms. The lowest BCUT2D eigenvalue weighted by molar-refractivity contribution is -0.149. The highest BCUT2D eigenvalue weighted by molar-refractivity contribution is 5.87. The number of para-hydroxylation sites is 1. The first-order chi connectivity index (χ1) is 12.2. The highest BCUT2D eigenvalue weighted by atomic mass is 16.5. The maximum absolute atomic E-state index is 12.5. The number of ether oxygens (including phenoxy) is 2. The van der Waals surface area contributed by atoms with Gasteiger partial charge in [0, 0.05) is 19.6 Å². The van der Waals surface area contributed by atoms with Crippen LogP contribution in [-0.2, 0) is 19.1 Å². The molecule has 2 atom stereocenters. The van der Waals surface area contributed by atoms with Crippen LogP contribution >= 0.6 is 0 Å². The summed E-state index contributed by atoms with van der Waals surface area (Å²) in [5.74, 6) is -1.50. The molecule has 0 heterocycles. The van der Waals surface area contributed by atoms with Crippen LogP contribution in [0, 0.1) is 0 Å². The smallest absolute Gasteiger partial charge is 0.331 e. The van der Waals surface area contributed by atoms with Gasteiger partial charge in [-0.15, -0.1) is 0 Å². The Morgan fingerprint density at radius 3 is 2.46 bits per heavy atom. The summed E-state index contributed by atoms with van der Waals surface area (Å²) in [7, 11) is 1.35. The van der Waals surface area contributed by atoms with Crippen LogP contribution in [0.5, 0.6) is 5.75 Å². The van der Waals surface area contributed by atoms with Crippen LogP contribution in [0.3, 0.4) is 0 Å². The van der Waals surface area contributed by atoms with Crippen molar-refractivity contribution in [3.8, 4) is 5.75 Å². The summed E-state index contributed by atoms with van der Waals surface area (Å²) in [5.41, 5.74) is -0.921. The molecule has 0 saturated carbocycles. The van der Waals surface area contributed by atoms with Crippen molar-refractivity contribution in [2.45, 2.75) is 38.8 Å². The zero-order valence-electron chi connectivity index (χ0n) is 15.5. The minimum absolute atomic E-state index is 0.143. The van der Waals surface area contributed by atoms with Crippen molar-refractivity contribution in [2.75, 3.05) is 20.3 Å². The second kappa shape index (κ2) is 9.76. The van der Waals surface area contributed by atoms with Crippen molar-refractivity contribution in [2.24, 2.45) is 0 Å². The van der Waals surface area contributed by atoms with Gasteiger partial charge in [-0.1, -0.05) is 18.2 Å². The fraction of sp³-hybridized carbons (Fsp3) is 0.500. The molecule has 0 saturated heterocycles. The summed E-state index contributed by atoms with van der Waals surface area (Å²) < 4.78 is 10.5. The number of carbonyl (C=O) groups excluding carboxylic acids is 2. The predicted molar refractivity (Wildman–Crippen MR) is 94.8 cm³/mol. The van der Waals surface area contributed by atoms with Gasteiger partial charge in [0.15, 0.2) is 5.54 Å². The Morgan fingerprint density at radius 2 is 1.92 bits per heavy atom. The highest BCUT2D eigenvalue weighted by Gasteiger charge is 2.35. The van der Waals surface area contributed by atoms with E-state index in [2.05, 4.69) is 10.6 Å². The SMILES string of the molecule is CCOc1ccccc1C(CC(=O)NC(C)(COC)C(=O)O)NC(C)=O. The summed E-state index contributed by atoms with van der Waals surface area (Å²) >= 11 is 0. The summed E-state index contributed by atoms with van der Waals surface area (Å²) in [6.45, 7) is 4.79. The molecule has 0 aliphatic heterocycles. The molecule has 8 nitrogen and oxygen atoms in total. The number of carboxylic acid groups (broad SMARTS) is 1. The van der Waals surface area contributed by atoms with Gasteiger partial charge in [0.1, 0.15) is 5.75 Å². The molecule has 0 aliphatic carbocycles. The van der Waals surface area contributed by atoms with Gasteiger partial charge in [0.05, 0.1) is 25.7 Å². The molecular weight excluding hydrogens is 340 g/mol. The maximum atomic E-state index is 12.5. The lowest BCUT2D eigenvalue weighted by atomic mass is 9.99. The van der Waals surface area contributed by atoms with Gasteiger partial charge in [-0.05, 0) is 19.9 Å². The fourth-order valence-corrected chi connectivity index (χ4v) is 2.52. The van der Waals surface area contributed by atoms with Gasteiger partial charge < -0.3 is 25.2 Å². The van der Waals surface area contributed by atoms with Gasteiger partial charge in [0.2, 0.25) is 11.8 Å². The lowest BCUT2D eigenvalue weighted by Crippen LogP contribution is -2.55. The van der Waals surface area contributed by atoms with Crippen LogP contribution in [-0.4, -0.2) is 48.8 Å². The largest absolute Gasteiger partial charge is 0.494 e. The topological polar surface area (TPSA) is 114 Å². The second-order valence-electron chi connectivity index (χ2n) is 6.05. The molecule has 0 aliphatic rings. The van der Waals surface area contributed by atoms with Crippen LogP contribution in [0.15, 0.2) is 24.3 Å². The first-order valence-corrected chi connectivity index (χ1v) is 8.25. The number of amides is 2. The number of aliphatic carboxylic acids is 1. The number of carbonyl (C=O) groups is 3. The van der Waals surface area contributed by atoms with E-state index >= 15 is 0 Å². The first kappa shape index (κ1) is 21.4. The molecule has 144 valence electrons. The number of hydrogen-bond donors (Lipinski definition) is 3. The van der Waals surface area contributed by atoms with E-state index in [0.717, 1.165) is 0 Å². The second-order valence-corrected chi connectivity index (χ2v) is 6.05. The summed E-state index contributed by atoms with van der Waals surface area (Å²) in [5, 5.41) is 14.5. The van der Waals surface area contributed by atoms with Crippen molar-refractivity contribution in [3.63, 3.8) is 0 Å². The van der Waals surface area contributed by atoms with Crippen LogP contribution in [0.2, 0.25) is 0 Å². The average Bonchev–Trinajstić information content (AvgIpc) is 2.54. The van der Waals surface area contributed by atoms with E-state index in [1.807, 2.05) is 6.92 Å². The Kier molecular flexibility index (Phi) is 8.05. The molecule has 0 spiro atoms. The van der Waals surface area contributed by atoms with Gasteiger partial charge >= 0.3 is 5.97 Å². The fourth-order valence-electron chi connectivity index (χ4n) is 2.52. The minimum Gasteiger partial charge on any atom is -0.494 e. The Hall–Kier alpha value is -2.61. The van der Waals surface area contributed by atoms with E-state index in [-0.39, 0.29) is 18.9 Å². The zero-order valence-corrected chi connectivity index (χ0v) is 15.5. The number of carboxylic acids is 1. The van der Waals surface area contributed by atoms with E-state index in [1.54, 1.807) is 24.3 Å². The van der Waals surface area contributed by atoms with Crippen LogP contribution < -0.4 is 15.4 Å². The van der Waals surface area contributed by atoms with E-state index in [4.69, 9.17) is 9.47 Å². The molecular formula is C18H26N2O6. The minimum atomic E-state index is -1.56. The third-order valence-corrected chi connectivity index (χ3v) is 3.68. The summed E-state index contributed by atoms with van der Waals surface area (Å²) in [4.78, 5) is 35.5. The van der Waals surface area contributed by atoms with Crippen molar-refractivity contribution >= 4 is 17.8 Å². The van der Waals surface area contributed by atoms with Gasteiger partial charge in [-0.2, -0.15) is 0 Å². The molecule has 2 unspecified atom stereocenters. The Labute approximate surface area is 152 Å². The number of methoxy groups -OCH3 is 1. The predicted octanol–water partition coefficient (Wildman–Crippen LogP) is 1.26. The number of hydrogen-bond acceptors (Lipinski definition) is 5. The normalized spacial score (nSPS) is 14.0. The Balaban J connectivity index is 3.03. The van der Waals surface area contributed by atoms with E-state index < -0.39 is 23.5 Å². The van der Waals surface area contributed by atoms with E-state index in [1.165, 1.54) is 21.0 Å². The maximum Gasteiger partial charge on any atom is 0.331 e. The van der Waals surface area contributed by atoms with Crippen molar-refractivity contribution < 1.29 is 29.0 Å². The molecule has 0 bridgehead atoms. The summed E-state index contributed by atoms with van der Waals surface area (Å²) in [6, 6.07) is 6.41. The van der Waals surface area contributed by atoms with Crippen LogP contribution in [0.25, 0.3) is 0 Å². The van der Waals surface area contributed by atoms with Crippen molar-refractivity contribution in [3.05, 3.63) is 29.8 Å². The number of benzene rings is 1. The number of rotatable bonds is 10. The molecule has 0 aromatic heterocycles. The molecule has 0 radical (unpaired) electrons. The number of nitrogens with one attached hydrogen (secondary N) is 2. The van der Waals surface area contributed by atoms with Crippen LogP contribution in [0.1, 0.15) is 38.8 Å². The molecule has 2 amide bonds. The molecule has 3 N–H and O–H groups in total. The quantitative estimate of drug-likeness (QED) is 0.574. The summed E-state index contributed by atoms with van der Waals surface area (Å²) in [6.07, 6.45) is -0.143. The van der Waals surface area contributed by atoms with Gasteiger partial charge in [-0.3, -0.25) is 9.59 Å². The standard InChI is InChI=1S/C18H26N2O6/c1-5-26-15-9-7-6-8-13(15)14(19-12(2)21)10-16(22)20-18(3,11-25-4)17(23)24/h6-9,14H,5,10-11H2,1-4H3,(H,19,21)(H,20,22)(H,23,24). The van der Waals surface area contributed by atoms with Crippen LogP contribution in [0.4, 0.5) is 0 Å². The van der Waals surface area contributed by atoms with E-state index in [9.17, 15) is 19.5 Å². The van der Waals surface area contributed by atoms with Gasteiger partial charge in [0.25, 0.3) is 0 Å². The van der Waals surface area contributed by atoms with E-state index in [0.29, 0.717) is 17.9 Å². The highest BCUT2D eigenvalue weighted by Crippen LogP contribution is 2.27. The van der Waals surface area contributed by atoms with Crippen molar-refractivity contribution in [1.29, 1.82) is 0 Å². The monoisotopic (exact) mass is 366 g/mol.